The van der Waals surface area contributed by atoms with Crippen LogP contribution in [0, 0.1) is 0 Å². The van der Waals surface area contributed by atoms with Crippen LogP contribution in [0.1, 0.15) is 26.7 Å². The second-order valence-electron chi connectivity index (χ2n) is 5.84. The minimum absolute atomic E-state index is 0.237. The number of nitrogens with zero attached hydrogens (tertiary/aromatic N) is 1. The topological polar surface area (TPSA) is 36.5 Å². The normalized spacial score (nSPS) is 28.2. The van der Waals surface area contributed by atoms with E-state index in [0.717, 1.165) is 39.4 Å². The van der Waals surface area contributed by atoms with Crippen molar-refractivity contribution in [3.05, 3.63) is 0 Å². The molecule has 0 saturated carbocycles. The van der Waals surface area contributed by atoms with E-state index in [2.05, 4.69) is 29.4 Å². The molecule has 0 aromatic carbocycles. The van der Waals surface area contributed by atoms with Crippen molar-refractivity contribution in [2.45, 2.75) is 38.3 Å². The molecule has 1 unspecified atom stereocenters. The van der Waals surface area contributed by atoms with Gasteiger partial charge in [-0.1, -0.05) is 0 Å². The highest BCUT2D eigenvalue weighted by Crippen LogP contribution is 2.15. The Labute approximate surface area is 105 Å². The first-order valence-corrected chi connectivity index (χ1v) is 6.95. The first kappa shape index (κ1) is 13.3. The van der Waals surface area contributed by atoms with Crippen LogP contribution in [0.2, 0.25) is 0 Å². The van der Waals surface area contributed by atoms with E-state index in [1.807, 2.05) is 0 Å². The predicted octanol–water partition coefficient (Wildman–Crippen LogP) is 0.439. The Morgan fingerprint density at radius 3 is 2.76 bits per heavy atom. The van der Waals surface area contributed by atoms with Gasteiger partial charge in [-0.2, -0.15) is 0 Å². The van der Waals surface area contributed by atoms with Gasteiger partial charge in [0.1, 0.15) is 0 Å². The number of nitrogens with one attached hydrogen (secondary N) is 2. The van der Waals surface area contributed by atoms with Gasteiger partial charge in [-0.25, -0.2) is 0 Å². The second kappa shape index (κ2) is 6.14. The number of morpholine rings is 1. The molecule has 0 amide bonds. The summed E-state index contributed by atoms with van der Waals surface area (Å²) >= 11 is 0. The minimum Gasteiger partial charge on any atom is -0.379 e. The fourth-order valence-electron chi connectivity index (χ4n) is 2.70. The number of rotatable bonds is 4. The summed E-state index contributed by atoms with van der Waals surface area (Å²) in [6.45, 7) is 11.9. The van der Waals surface area contributed by atoms with Crippen LogP contribution in [0.3, 0.4) is 0 Å². The summed E-state index contributed by atoms with van der Waals surface area (Å²) < 4.78 is 5.42. The monoisotopic (exact) mass is 241 g/mol. The van der Waals surface area contributed by atoms with E-state index in [1.54, 1.807) is 0 Å². The molecule has 0 radical (unpaired) electrons. The zero-order valence-electron chi connectivity index (χ0n) is 11.3. The van der Waals surface area contributed by atoms with E-state index < -0.39 is 0 Å². The van der Waals surface area contributed by atoms with Gasteiger partial charge in [0.15, 0.2) is 0 Å². The lowest BCUT2D eigenvalue weighted by Crippen LogP contribution is -2.57. The molecule has 2 aliphatic heterocycles. The van der Waals surface area contributed by atoms with Crippen molar-refractivity contribution in [3.63, 3.8) is 0 Å². The molecular formula is C13H27N3O. The maximum atomic E-state index is 5.42. The summed E-state index contributed by atoms with van der Waals surface area (Å²) in [6, 6.07) is 0.657. The molecule has 2 heterocycles. The molecule has 0 aliphatic carbocycles. The molecule has 2 fully saturated rings. The van der Waals surface area contributed by atoms with Crippen molar-refractivity contribution in [2.24, 2.45) is 0 Å². The quantitative estimate of drug-likeness (QED) is 0.749. The Morgan fingerprint density at radius 2 is 2.12 bits per heavy atom. The van der Waals surface area contributed by atoms with Crippen LogP contribution in [0.4, 0.5) is 0 Å². The van der Waals surface area contributed by atoms with Crippen molar-refractivity contribution in [3.8, 4) is 0 Å². The molecule has 0 aromatic rings. The Morgan fingerprint density at radius 1 is 1.35 bits per heavy atom. The lowest BCUT2D eigenvalue weighted by molar-refractivity contribution is -0.0105. The molecule has 2 N–H and O–H groups in total. The molecule has 0 bridgehead atoms. The van der Waals surface area contributed by atoms with Gasteiger partial charge in [0.25, 0.3) is 0 Å². The minimum atomic E-state index is 0.237. The molecule has 0 spiro atoms. The summed E-state index contributed by atoms with van der Waals surface area (Å²) in [5, 5.41) is 7.17. The van der Waals surface area contributed by atoms with Gasteiger partial charge in [-0.05, 0) is 33.2 Å². The van der Waals surface area contributed by atoms with E-state index in [-0.39, 0.29) is 5.54 Å². The Bertz CT molecular complexity index is 221. The van der Waals surface area contributed by atoms with Crippen LogP contribution in [0.25, 0.3) is 0 Å². The lowest BCUT2D eigenvalue weighted by Gasteiger charge is -2.42. The van der Waals surface area contributed by atoms with Crippen molar-refractivity contribution in [1.82, 2.24) is 15.5 Å². The summed E-state index contributed by atoms with van der Waals surface area (Å²) in [5.74, 6) is 0. The van der Waals surface area contributed by atoms with E-state index in [1.165, 1.54) is 19.4 Å². The predicted molar refractivity (Wildman–Crippen MR) is 70.4 cm³/mol. The third-order valence-electron chi connectivity index (χ3n) is 3.99. The highest BCUT2D eigenvalue weighted by Gasteiger charge is 2.28. The highest BCUT2D eigenvalue weighted by atomic mass is 16.5. The van der Waals surface area contributed by atoms with Gasteiger partial charge < -0.3 is 15.4 Å². The van der Waals surface area contributed by atoms with Crippen LogP contribution in [-0.4, -0.2) is 62.4 Å². The second-order valence-corrected chi connectivity index (χ2v) is 5.84. The van der Waals surface area contributed by atoms with Gasteiger partial charge in [-0.15, -0.1) is 0 Å². The first-order valence-electron chi connectivity index (χ1n) is 6.95. The number of piperidine rings is 1. The van der Waals surface area contributed by atoms with Crippen LogP contribution in [0.15, 0.2) is 0 Å². The largest absolute Gasteiger partial charge is 0.379 e. The van der Waals surface area contributed by atoms with E-state index >= 15 is 0 Å². The maximum absolute atomic E-state index is 5.42. The van der Waals surface area contributed by atoms with Gasteiger partial charge >= 0.3 is 0 Å². The highest BCUT2D eigenvalue weighted by molar-refractivity contribution is 4.87. The van der Waals surface area contributed by atoms with Gasteiger partial charge in [0, 0.05) is 37.8 Å². The molecule has 2 aliphatic rings. The summed E-state index contributed by atoms with van der Waals surface area (Å²) in [5.41, 5.74) is 0.237. The number of hydrogen-bond donors (Lipinski definition) is 2. The first-order chi connectivity index (χ1) is 8.18. The molecular weight excluding hydrogens is 214 g/mol. The van der Waals surface area contributed by atoms with Crippen LogP contribution < -0.4 is 10.6 Å². The Balaban J connectivity index is 1.75. The van der Waals surface area contributed by atoms with Gasteiger partial charge in [0.05, 0.1) is 13.2 Å². The molecule has 4 heteroatoms. The molecule has 17 heavy (non-hydrogen) atoms. The summed E-state index contributed by atoms with van der Waals surface area (Å²) in [4.78, 5) is 2.54. The number of hydrogen-bond acceptors (Lipinski definition) is 4. The molecule has 2 rings (SSSR count). The Kier molecular flexibility index (Phi) is 4.79. The van der Waals surface area contributed by atoms with E-state index in [4.69, 9.17) is 4.74 Å². The third-order valence-corrected chi connectivity index (χ3v) is 3.99. The fraction of sp³-hybridized carbons (Fsp3) is 1.00. The van der Waals surface area contributed by atoms with Crippen molar-refractivity contribution in [2.75, 3.05) is 45.9 Å². The molecule has 0 aromatic heterocycles. The van der Waals surface area contributed by atoms with Gasteiger partial charge in [0.2, 0.25) is 0 Å². The van der Waals surface area contributed by atoms with Crippen molar-refractivity contribution in [1.29, 1.82) is 0 Å². The summed E-state index contributed by atoms with van der Waals surface area (Å²) in [6.07, 6.45) is 2.61. The van der Waals surface area contributed by atoms with E-state index in [9.17, 15) is 0 Å². The summed E-state index contributed by atoms with van der Waals surface area (Å²) in [7, 11) is 0. The average molecular weight is 241 g/mol. The SMILES string of the molecule is CC(C)(CNC1CCCNC1)N1CCOCC1. The van der Waals surface area contributed by atoms with Crippen LogP contribution >= 0.6 is 0 Å². The standard InChI is InChI=1S/C13H27N3O/c1-13(2,16-6-8-17-9-7-16)11-15-12-4-3-5-14-10-12/h12,14-15H,3-11H2,1-2H3. The van der Waals surface area contributed by atoms with Crippen LogP contribution in [0.5, 0.6) is 0 Å². The molecule has 4 nitrogen and oxygen atoms in total. The number of ether oxygens (including phenoxy) is 1. The third kappa shape index (κ3) is 3.91. The van der Waals surface area contributed by atoms with Crippen molar-refractivity contribution >= 4 is 0 Å². The smallest absolute Gasteiger partial charge is 0.0594 e. The molecule has 1 atom stereocenters. The zero-order valence-corrected chi connectivity index (χ0v) is 11.3. The van der Waals surface area contributed by atoms with E-state index in [0.29, 0.717) is 6.04 Å². The average Bonchev–Trinajstić information content (AvgIpc) is 2.39. The van der Waals surface area contributed by atoms with Crippen molar-refractivity contribution < 1.29 is 4.74 Å². The molecule has 100 valence electrons. The Hall–Kier alpha value is -0.160. The van der Waals surface area contributed by atoms with Crippen LogP contribution in [-0.2, 0) is 4.74 Å². The lowest BCUT2D eigenvalue weighted by atomic mass is 10.00. The fourth-order valence-corrected chi connectivity index (χ4v) is 2.70. The molecule has 2 saturated heterocycles. The maximum Gasteiger partial charge on any atom is 0.0594 e. The zero-order chi connectivity index (χ0) is 12.1. The van der Waals surface area contributed by atoms with Gasteiger partial charge in [-0.3, -0.25) is 4.90 Å².